The zero-order chi connectivity index (χ0) is 16.9. The van der Waals surface area contributed by atoms with Gasteiger partial charge < -0.3 is 15.2 Å². The van der Waals surface area contributed by atoms with Gasteiger partial charge >= 0.3 is 18.1 Å². The van der Waals surface area contributed by atoms with Crippen molar-refractivity contribution in [3.05, 3.63) is 29.8 Å². The van der Waals surface area contributed by atoms with Crippen LogP contribution in [0.3, 0.4) is 0 Å². The maximum atomic E-state index is 12.1. The van der Waals surface area contributed by atoms with Gasteiger partial charge in [0.05, 0.1) is 0 Å². The number of carbonyl (C=O) groups is 2. The summed E-state index contributed by atoms with van der Waals surface area (Å²) in [6, 6.07) is 2.38. The number of nitrogens with one attached hydrogen (secondary N) is 1. The smallest absolute Gasteiger partial charge is 0.471 e. The fraction of sp³-hybridized carbons (Fsp3) is 0.333. The summed E-state index contributed by atoms with van der Waals surface area (Å²) >= 11 is 0. The number of halogens is 5. The highest BCUT2D eigenvalue weighted by atomic mass is 19.4. The largest absolute Gasteiger partial charge is 0.488 e. The van der Waals surface area contributed by atoms with E-state index in [1.54, 1.807) is 0 Å². The van der Waals surface area contributed by atoms with Gasteiger partial charge in [-0.05, 0) is 17.7 Å². The van der Waals surface area contributed by atoms with Gasteiger partial charge in [-0.2, -0.15) is 13.2 Å². The minimum absolute atomic E-state index is 0.0182. The maximum Gasteiger partial charge on any atom is 0.471 e. The van der Waals surface area contributed by atoms with Gasteiger partial charge in [0.15, 0.2) is 6.04 Å². The molecule has 1 unspecified atom stereocenters. The standard InChI is InChI=1S/C12H10F5NO4/c13-8(14)5-22-7-3-1-6(2-4-7)9(10(19)20)18-11(21)12(15,16)17/h1-4,8-9H,5H2,(H,18,21)(H,19,20). The number of hydrogen-bond donors (Lipinski definition) is 2. The van der Waals surface area contributed by atoms with E-state index in [9.17, 15) is 31.5 Å². The lowest BCUT2D eigenvalue weighted by Gasteiger charge is -2.16. The van der Waals surface area contributed by atoms with E-state index in [-0.39, 0.29) is 11.3 Å². The van der Waals surface area contributed by atoms with Gasteiger partial charge in [0, 0.05) is 0 Å². The van der Waals surface area contributed by atoms with E-state index in [4.69, 9.17) is 5.11 Å². The number of hydrogen-bond acceptors (Lipinski definition) is 3. The normalized spacial score (nSPS) is 12.8. The van der Waals surface area contributed by atoms with Crippen molar-refractivity contribution >= 4 is 11.9 Å². The van der Waals surface area contributed by atoms with Crippen LogP contribution in [0.15, 0.2) is 24.3 Å². The molecule has 0 bridgehead atoms. The Bertz CT molecular complexity index is 529. The summed E-state index contributed by atoms with van der Waals surface area (Å²) in [7, 11) is 0. The topological polar surface area (TPSA) is 75.6 Å². The summed E-state index contributed by atoms with van der Waals surface area (Å²) in [5.74, 6) is -4.13. The molecule has 1 aromatic rings. The van der Waals surface area contributed by atoms with E-state index in [1.807, 2.05) is 0 Å². The van der Waals surface area contributed by atoms with E-state index < -0.39 is 37.1 Å². The molecule has 1 amide bonds. The van der Waals surface area contributed by atoms with Crippen LogP contribution < -0.4 is 10.1 Å². The number of carboxylic acids is 1. The number of rotatable bonds is 6. The second-order valence-electron chi connectivity index (χ2n) is 4.01. The highest BCUT2D eigenvalue weighted by Crippen LogP contribution is 2.21. The number of benzene rings is 1. The van der Waals surface area contributed by atoms with Crippen LogP contribution in [0.25, 0.3) is 0 Å². The minimum atomic E-state index is -5.23. The highest BCUT2D eigenvalue weighted by Gasteiger charge is 2.41. The van der Waals surface area contributed by atoms with Crippen molar-refractivity contribution in [1.29, 1.82) is 0 Å². The number of carboxylic acid groups (broad SMARTS) is 1. The van der Waals surface area contributed by atoms with Crippen LogP contribution in [-0.4, -0.2) is 36.2 Å². The zero-order valence-corrected chi connectivity index (χ0v) is 10.7. The van der Waals surface area contributed by atoms with E-state index in [1.165, 1.54) is 5.32 Å². The molecule has 0 aliphatic rings. The van der Waals surface area contributed by atoms with Crippen LogP contribution >= 0.6 is 0 Å². The molecule has 1 rings (SSSR count). The Morgan fingerprint density at radius 2 is 1.73 bits per heavy atom. The molecule has 1 atom stereocenters. The molecule has 2 N–H and O–H groups in total. The molecule has 0 fully saturated rings. The number of amides is 1. The van der Waals surface area contributed by atoms with Gasteiger partial charge in [-0.1, -0.05) is 12.1 Å². The van der Waals surface area contributed by atoms with Gasteiger partial charge in [-0.15, -0.1) is 0 Å². The molecular weight excluding hydrogens is 317 g/mol. The second-order valence-corrected chi connectivity index (χ2v) is 4.01. The summed E-state index contributed by atoms with van der Waals surface area (Å²) in [5, 5.41) is 10.2. The molecule has 0 heterocycles. The predicted octanol–water partition coefficient (Wildman–Crippen LogP) is 2.13. The molecule has 0 saturated heterocycles. The Kier molecular flexibility index (Phi) is 5.66. The first kappa shape index (κ1) is 17.7. The summed E-state index contributed by atoms with van der Waals surface area (Å²) < 4.78 is 64.9. The Morgan fingerprint density at radius 1 is 1.18 bits per heavy atom. The van der Waals surface area contributed by atoms with Crippen molar-refractivity contribution in [2.45, 2.75) is 18.6 Å². The number of alkyl halides is 5. The van der Waals surface area contributed by atoms with E-state index in [2.05, 4.69) is 4.74 Å². The number of aliphatic carboxylic acids is 1. The number of ether oxygens (including phenoxy) is 1. The van der Waals surface area contributed by atoms with Gasteiger partial charge in [-0.25, -0.2) is 13.6 Å². The van der Waals surface area contributed by atoms with Gasteiger partial charge in [0.25, 0.3) is 6.43 Å². The van der Waals surface area contributed by atoms with Crippen LogP contribution in [0, 0.1) is 0 Å². The molecule has 0 spiro atoms. The van der Waals surface area contributed by atoms with Crippen molar-refractivity contribution in [2.75, 3.05) is 6.61 Å². The molecule has 0 aromatic heterocycles. The van der Waals surface area contributed by atoms with Gasteiger partial charge in [0.2, 0.25) is 0 Å². The predicted molar refractivity (Wildman–Crippen MR) is 62.5 cm³/mol. The SMILES string of the molecule is O=C(O)C(NC(=O)C(F)(F)F)c1ccc(OCC(F)F)cc1. The van der Waals surface area contributed by atoms with Crippen molar-refractivity contribution in [3.63, 3.8) is 0 Å². The fourth-order valence-corrected chi connectivity index (χ4v) is 1.42. The van der Waals surface area contributed by atoms with E-state index in [0.717, 1.165) is 24.3 Å². The summed E-state index contributed by atoms with van der Waals surface area (Å²) in [6.07, 6.45) is -7.94. The molecule has 0 radical (unpaired) electrons. The molecule has 22 heavy (non-hydrogen) atoms. The first-order valence-corrected chi connectivity index (χ1v) is 5.72. The lowest BCUT2D eigenvalue weighted by molar-refractivity contribution is -0.175. The summed E-state index contributed by atoms with van der Waals surface area (Å²) in [5.41, 5.74) is -0.172. The van der Waals surface area contributed by atoms with E-state index >= 15 is 0 Å². The molecule has 0 aliphatic heterocycles. The second kappa shape index (κ2) is 7.05. The highest BCUT2D eigenvalue weighted by molar-refractivity contribution is 5.87. The van der Waals surface area contributed by atoms with Crippen molar-refractivity contribution in [2.24, 2.45) is 0 Å². The third-order valence-electron chi connectivity index (χ3n) is 2.37. The third kappa shape index (κ3) is 5.19. The summed E-state index contributed by atoms with van der Waals surface area (Å²) in [6.45, 7) is -0.882. The van der Waals surface area contributed by atoms with Crippen molar-refractivity contribution in [1.82, 2.24) is 5.32 Å². The Hall–Kier alpha value is -2.39. The number of carbonyl (C=O) groups excluding carboxylic acids is 1. The Labute approximate surface area is 120 Å². The average molecular weight is 327 g/mol. The monoisotopic (exact) mass is 327 g/mol. The molecule has 0 saturated carbocycles. The lowest BCUT2D eigenvalue weighted by atomic mass is 10.1. The van der Waals surface area contributed by atoms with Crippen LogP contribution in [0.1, 0.15) is 11.6 Å². The van der Waals surface area contributed by atoms with Crippen LogP contribution in [0.2, 0.25) is 0 Å². The fourth-order valence-electron chi connectivity index (χ4n) is 1.42. The molecular formula is C12H10F5NO4. The van der Waals surface area contributed by atoms with E-state index in [0.29, 0.717) is 0 Å². The molecule has 1 aromatic carbocycles. The Balaban J connectivity index is 2.84. The van der Waals surface area contributed by atoms with Gasteiger partial charge in [0.1, 0.15) is 12.4 Å². The molecule has 5 nitrogen and oxygen atoms in total. The lowest BCUT2D eigenvalue weighted by Crippen LogP contribution is -2.41. The first-order valence-electron chi connectivity index (χ1n) is 5.72. The Morgan fingerprint density at radius 3 is 2.14 bits per heavy atom. The van der Waals surface area contributed by atoms with Crippen LogP contribution in [0.4, 0.5) is 22.0 Å². The van der Waals surface area contributed by atoms with Crippen LogP contribution in [-0.2, 0) is 9.59 Å². The maximum absolute atomic E-state index is 12.1. The third-order valence-corrected chi connectivity index (χ3v) is 2.37. The zero-order valence-electron chi connectivity index (χ0n) is 10.7. The molecule has 0 aliphatic carbocycles. The van der Waals surface area contributed by atoms with Crippen molar-refractivity contribution < 1.29 is 41.4 Å². The van der Waals surface area contributed by atoms with Crippen molar-refractivity contribution in [3.8, 4) is 5.75 Å². The first-order chi connectivity index (χ1) is 10.1. The molecule has 10 heteroatoms. The molecule has 122 valence electrons. The van der Waals surface area contributed by atoms with Crippen LogP contribution in [0.5, 0.6) is 5.75 Å². The summed E-state index contributed by atoms with van der Waals surface area (Å²) in [4.78, 5) is 21.7. The average Bonchev–Trinajstić information content (AvgIpc) is 2.41. The quantitative estimate of drug-likeness (QED) is 0.785. The van der Waals surface area contributed by atoms with Gasteiger partial charge in [-0.3, -0.25) is 4.79 Å². The minimum Gasteiger partial charge on any atom is -0.488 e.